The van der Waals surface area contributed by atoms with Crippen molar-refractivity contribution in [2.75, 3.05) is 0 Å². The second kappa shape index (κ2) is 10.0. The standard InChI is InChI=1S/C26H29BCl2F/c1-4-5-6-7-16-27(21-12-14-24(30)15-13-21,22-10-8-19(2)25(28)17-22)23-11-9-20(3)26(29)18-23/h8-15,17-18H,4-7,16H2,1-3H3/q-1. The summed E-state index contributed by atoms with van der Waals surface area (Å²) in [5.41, 5.74) is 5.57. The summed E-state index contributed by atoms with van der Waals surface area (Å²) in [5, 5.41) is 1.51. The van der Waals surface area contributed by atoms with Crippen LogP contribution in [0.3, 0.4) is 0 Å². The minimum absolute atomic E-state index is 0.224. The molecule has 0 radical (unpaired) electrons. The molecular formula is C26H29BCl2F-. The SMILES string of the molecule is CCCCCC[B-](c1ccc(F)cc1)(c1ccc(C)c(Cl)c1)c1ccc(C)c(Cl)c1. The highest BCUT2D eigenvalue weighted by atomic mass is 35.5. The third kappa shape index (κ3) is 4.76. The zero-order valence-electron chi connectivity index (χ0n) is 18.0. The summed E-state index contributed by atoms with van der Waals surface area (Å²) in [7, 11) is 0. The number of rotatable bonds is 8. The van der Waals surface area contributed by atoms with E-state index in [1.54, 1.807) is 12.1 Å². The van der Waals surface area contributed by atoms with Crippen molar-refractivity contribution >= 4 is 45.7 Å². The van der Waals surface area contributed by atoms with Crippen molar-refractivity contribution in [3.8, 4) is 0 Å². The monoisotopic (exact) mass is 441 g/mol. The third-order valence-corrected chi connectivity index (χ3v) is 7.27. The van der Waals surface area contributed by atoms with Crippen LogP contribution in [0.2, 0.25) is 16.4 Å². The average molecular weight is 442 g/mol. The smallest absolute Gasteiger partial charge is 0.122 e. The number of hydrogen-bond donors (Lipinski definition) is 0. The first-order valence-corrected chi connectivity index (χ1v) is 11.6. The lowest BCUT2D eigenvalue weighted by Crippen LogP contribution is -2.67. The van der Waals surface area contributed by atoms with Crippen molar-refractivity contribution < 1.29 is 4.39 Å². The Kier molecular flexibility index (Phi) is 7.66. The van der Waals surface area contributed by atoms with Crippen LogP contribution in [0, 0.1) is 19.7 Å². The lowest BCUT2D eigenvalue weighted by molar-refractivity contribution is 0.628. The third-order valence-electron chi connectivity index (χ3n) is 6.46. The van der Waals surface area contributed by atoms with Gasteiger partial charge in [0.05, 0.1) is 6.15 Å². The molecule has 30 heavy (non-hydrogen) atoms. The van der Waals surface area contributed by atoms with Crippen molar-refractivity contribution in [3.05, 3.63) is 87.7 Å². The highest BCUT2D eigenvalue weighted by Crippen LogP contribution is 2.23. The van der Waals surface area contributed by atoms with Gasteiger partial charge in [-0.1, -0.05) is 104 Å². The van der Waals surface area contributed by atoms with Crippen LogP contribution in [0.25, 0.3) is 0 Å². The predicted octanol–water partition coefficient (Wildman–Crippen LogP) is 6.80. The molecule has 0 aromatic heterocycles. The molecule has 4 heteroatoms. The van der Waals surface area contributed by atoms with E-state index in [1.807, 2.05) is 26.0 Å². The Balaban J connectivity index is 2.27. The Morgan fingerprint density at radius 3 is 1.67 bits per heavy atom. The quantitative estimate of drug-likeness (QED) is 0.266. The minimum atomic E-state index is -1.34. The lowest BCUT2D eigenvalue weighted by Gasteiger charge is -2.44. The molecule has 0 spiro atoms. The first-order valence-electron chi connectivity index (χ1n) is 10.8. The van der Waals surface area contributed by atoms with Crippen molar-refractivity contribution in [1.29, 1.82) is 0 Å². The van der Waals surface area contributed by atoms with Crippen molar-refractivity contribution in [2.45, 2.75) is 52.8 Å². The van der Waals surface area contributed by atoms with Crippen LogP contribution in [0.15, 0.2) is 60.7 Å². The van der Waals surface area contributed by atoms with Gasteiger partial charge in [-0.3, -0.25) is 0 Å². The summed E-state index contributed by atoms with van der Waals surface area (Å²) < 4.78 is 13.8. The molecule has 0 aliphatic heterocycles. The van der Waals surface area contributed by atoms with Gasteiger partial charge >= 0.3 is 0 Å². The molecule has 0 atom stereocenters. The van der Waals surface area contributed by atoms with Gasteiger partial charge in [0.15, 0.2) is 0 Å². The van der Waals surface area contributed by atoms with E-state index in [0.29, 0.717) is 0 Å². The van der Waals surface area contributed by atoms with Gasteiger partial charge in [-0.2, -0.15) is 22.7 Å². The van der Waals surface area contributed by atoms with Gasteiger partial charge < -0.3 is 0 Å². The van der Waals surface area contributed by atoms with Crippen LogP contribution in [0.1, 0.15) is 43.7 Å². The van der Waals surface area contributed by atoms with Crippen LogP contribution in [-0.2, 0) is 0 Å². The van der Waals surface area contributed by atoms with Gasteiger partial charge in [0, 0.05) is 10.0 Å². The Bertz CT molecular complexity index is 947. The average Bonchev–Trinajstić information content (AvgIpc) is 2.73. The molecule has 0 aliphatic carbocycles. The van der Waals surface area contributed by atoms with Crippen LogP contribution < -0.4 is 16.4 Å². The van der Waals surface area contributed by atoms with Crippen LogP contribution >= 0.6 is 23.2 Å². The minimum Gasteiger partial charge on any atom is -0.207 e. The van der Waals surface area contributed by atoms with Crippen molar-refractivity contribution in [3.63, 3.8) is 0 Å². The van der Waals surface area contributed by atoms with E-state index in [4.69, 9.17) is 23.2 Å². The summed E-state index contributed by atoms with van der Waals surface area (Å²) >= 11 is 13.2. The van der Waals surface area contributed by atoms with Gasteiger partial charge in [-0.15, -0.1) is 0 Å². The largest absolute Gasteiger partial charge is 0.207 e. The van der Waals surface area contributed by atoms with E-state index in [-0.39, 0.29) is 5.82 Å². The topological polar surface area (TPSA) is 0 Å². The van der Waals surface area contributed by atoms with Gasteiger partial charge in [-0.25, -0.2) is 4.39 Å². The van der Waals surface area contributed by atoms with Crippen molar-refractivity contribution in [1.82, 2.24) is 0 Å². The highest BCUT2D eigenvalue weighted by Gasteiger charge is 2.30. The fourth-order valence-electron chi connectivity index (χ4n) is 4.58. The summed E-state index contributed by atoms with van der Waals surface area (Å²) in [5.74, 6) is -0.224. The number of hydrogen-bond acceptors (Lipinski definition) is 0. The summed E-state index contributed by atoms with van der Waals surface area (Å²) in [4.78, 5) is 0. The molecule has 3 aromatic rings. The Hall–Kier alpha value is -1.77. The molecular weight excluding hydrogens is 413 g/mol. The number of aryl methyl sites for hydroxylation is 2. The molecule has 158 valence electrons. The number of halogens is 3. The second-order valence-electron chi connectivity index (χ2n) is 8.46. The zero-order chi connectivity index (χ0) is 21.7. The molecule has 0 unspecified atom stereocenters. The maximum Gasteiger partial charge on any atom is 0.122 e. The fraction of sp³-hybridized carbons (Fsp3) is 0.308. The number of benzene rings is 3. The molecule has 0 saturated carbocycles. The first kappa shape index (κ1) is 22.9. The van der Waals surface area contributed by atoms with E-state index in [2.05, 4.69) is 43.3 Å². The molecule has 0 bridgehead atoms. The van der Waals surface area contributed by atoms with Gasteiger partial charge in [0.25, 0.3) is 0 Å². The Morgan fingerprint density at radius 2 is 1.20 bits per heavy atom. The molecule has 0 fully saturated rings. The Labute approximate surface area is 190 Å². The highest BCUT2D eigenvalue weighted by molar-refractivity contribution is 7.11. The van der Waals surface area contributed by atoms with Gasteiger partial charge in [0.1, 0.15) is 5.82 Å². The maximum atomic E-state index is 13.8. The van der Waals surface area contributed by atoms with Crippen LogP contribution in [0.5, 0.6) is 0 Å². The molecule has 0 nitrogen and oxygen atoms in total. The zero-order valence-corrected chi connectivity index (χ0v) is 19.5. The molecule has 0 N–H and O–H groups in total. The molecule has 0 amide bonds. The fourth-order valence-corrected chi connectivity index (χ4v) is 4.96. The van der Waals surface area contributed by atoms with Crippen LogP contribution in [-0.4, -0.2) is 6.15 Å². The maximum absolute atomic E-state index is 13.8. The van der Waals surface area contributed by atoms with Crippen molar-refractivity contribution in [2.24, 2.45) is 0 Å². The first-order chi connectivity index (χ1) is 14.4. The summed E-state index contributed by atoms with van der Waals surface area (Å²) in [6.45, 7) is 6.25. The molecule has 0 heterocycles. The molecule has 0 aliphatic rings. The summed E-state index contributed by atoms with van der Waals surface area (Å²) in [6, 6.07) is 19.7. The van der Waals surface area contributed by atoms with E-state index >= 15 is 0 Å². The second-order valence-corrected chi connectivity index (χ2v) is 9.28. The van der Waals surface area contributed by atoms with E-state index in [0.717, 1.165) is 39.4 Å². The van der Waals surface area contributed by atoms with E-state index < -0.39 is 6.15 Å². The molecule has 3 aromatic carbocycles. The molecule has 3 rings (SSSR count). The lowest BCUT2D eigenvalue weighted by atomic mass is 9.14. The predicted molar refractivity (Wildman–Crippen MR) is 132 cm³/mol. The van der Waals surface area contributed by atoms with Gasteiger partial charge in [-0.05, 0) is 37.1 Å². The van der Waals surface area contributed by atoms with E-state index in [1.165, 1.54) is 30.2 Å². The summed E-state index contributed by atoms with van der Waals surface area (Å²) in [6.07, 6.45) is 4.26. The Morgan fingerprint density at radius 1 is 0.700 bits per heavy atom. The normalized spacial score (nSPS) is 11.7. The molecule has 0 saturated heterocycles. The van der Waals surface area contributed by atoms with E-state index in [9.17, 15) is 4.39 Å². The van der Waals surface area contributed by atoms with Gasteiger partial charge in [0.2, 0.25) is 0 Å². The number of unbranched alkanes of at least 4 members (excludes halogenated alkanes) is 3. The van der Waals surface area contributed by atoms with Crippen LogP contribution in [0.4, 0.5) is 4.39 Å².